The van der Waals surface area contributed by atoms with Crippen molar-refractivity contribution in [3.63, 3.8) is 0 Å². The Labute approximate surface area is 166 Å². The van der Waals surface area contributed by atoms with Crippen molar-refractivity contribution in [3.8, 4) is 0 Å². The van der Waals surface area contributed by atoms with Crippen molar-refractivity contribution in [1.29, 1.82) is 0 Å². The van der Waals surface area contributed by atoms with Crippen LogP contribution in [0.3, 0.4) is 0 Å². The van der Waals surface area contributed by atoms with Gasteiger partial charge in [0.15, 0.2) is 0 Å². The normalized spacial score (nSPS) is 11.8. The van der Waals surface area contributed by atoms with Gasteiger partial charge >= 0.3 is 0 Å². The van der Waals surface area contributed by atoms with E-state index in [-0.39, 0.29) is 16.8 Å². The number of thioether (sulfide) groups is 1. The smallest absolute Gasteiger partial charge is 0.243 e. The number of nitrogens with one attached hydrogen (secondary N) is 1. The lowest BCUT2D eigenvalue weighted by molar-refractivity contribution is -0.113. The van der Waals surface area contributed by atoms with Crippen LogP contribution in [0, 0.1) is 6.92 Å². The molecule has 0 spiro atoms. The largest absolute Gasteiger partial charge is 0.325 e. The number of hydrogen-bond donors (Lipinski definition) is 1. The molecule has 0 aliphatic carbocycles. The fourth-order valence-electron chi connectivity index (χ4n) is 2.41. The van der Waals surface area contributed by atoms with Crippen molar-refractivity contribution in [2.75, 3.05) is 18.1 Å². The van der Waals surface area contributed by atoms with Crippen LogP contribution < -0.4 is 5.32 Å². The van der Waals surface area contributed by atoms with Crippen molar-refractivity contribution in [2.45, 2.75) is 37.5 Å². The molecular formula is C20H26N2O3S2. The van der Waals surface area contributed by atoms with Crippen LogP contribution in [-0.4, -0.2) is 37.5 Å². The van der Waals surface area contributed by atoms with Crippen LogP contribution >= 0.6 is 11.8 Å². The Kier molecular flexibility index (Phi) is 7.47. The second-order valence-electron chi connectivity index (χ2n) is 6.67. The van der Waals surface area contributed by atoms with Gasteiger partial charge in [-0.1, -0.05) is 29.8 Å². The monoisotopic (exact) mass is 406 g/mol. The summed E-state index contributed by atoms with van der Waals surface area (Å²) in [5.41, 5.74) is 2.98. The van der Waals surface area contributed by atoms with Gasteiger partial charge in [-0.2, -0.15) is 4.31 Å². The molecule has 1 amide bonds. The maximum atomic E-state index is 12.4. The molecule has 2 rings (SSSR count). The number of carbonyl (C=O) groups excluding carboxylic acids is 1. The summed E-state index contributed by atoms with van der Waals surface area (Å²) in [5, 5.41) is 2.80. The fraction of sp³-hybridized carbons (Fsp3) is 0.350. The van der Waals surface area contributed by atoms with E-state index in [4.69, 9.17) is 0 Å². The predicted octanol–water partition coefficient (Wildman–Crippen LogP) is 3.90. The molecule has 2 aromatic rings. The minimum Gasteiger partial charge on any atom is -0.325 e. The summed E-state index contributed by atoms with van der Waals surface area (Å²) in [6.07, 6.45) is 0. The Morgan fingerprint density at radius 2 is 1.81 bits per heavy atom. The molecule has 0 heterocycles. The van der Waals surface area contributed by atoms with Crippen LogP contribution in [0.25, 0.3) is 0 Å². The fourth-order valence-corrected chi connectivity index (χ4v) is 4.56. The number of hydrogen-bond acceptors (Lipinski definition) is 4. The number of anilines is 1. The van der Waals surface area contributed by atoms with Gasteiger partial charge in [-0.3, -0.25) is 4.79 Å². The third-order valence-electron chi connectivity index (χ3n) is 4.13. The number of nitrogens with zero attached hydrogens (tertiary/aromatic N) is 1. The second-order valence-corrected chi connectivity index (χ2v) is 9.65. The Bertz CT molecular complexity index is 878. The molecule has 0 atom stereocenters. The first-order valence-electron chi connectivity index (χ1n) is 8.71. The van der Waals surface area contributed by atoms with Crippen molar-refractivity contribution >= 4 is 33.4 Å². The summed E-state index contributed by atoms with van der Waals surface area (Å²) in [6.45, 7) is 5.69. The molecule has 27 heavy (non-hydrogen) atoms. The van der Waals surface area contributed by atoms with E-state index in [0.717, 1.165) is 5.75 Å². The van der Waals surface area contributed by atoms with E-state index >= 15 is 0 Å². The Hall–Kier alpha value is -1.83. The van der Waals surface area contributed by atoms with E-state index in [1.165, 1.54) is 27.6 Å². The number of aryl methyl sites for hydroxylation is 1. The Balaban J connectivity index is 1.89. The minimum absolute atomic E-state index is 0.109. The molecule has 5 nitrogen and oxygen atoms in total. The predicted molar refractivity (Wildman–Crippen MR) is 112 cm³/mol. The summed E-state index contributed by atoms with van der Waals surface area (Å²) >= 11 is 1.54. The topological polar surface area (TPSA) is 66.5 Å². The maximum Gasteiger partial charge on any atom is 0.243 e. The van der Waals surface area contributed by atoms with Gasteiger partial charge in [-0.15, -0.1) is 11.8 Å². The molecule has 0 saturated carbocycles. The second kappa shape index (κ2) is 9.39. The van der Waals surface area contributed by atoms with Crippen LogP contribution in [0.15, 0.2) is 53.4 Å². The molecule has 7 heteroatoms. The molecule has 0 bridgehead atoms. The molecule has 2 aromatic carbocycles. The Morgan fingerprint density at radius 3 is 2.41 bits per heavy atom. The van der Waals surface area contributed by atoms with E-state index in [1.807, 2.05) is 39.0 Å². The van der Waals surface area contributed by atoms with E-state index in [2.05, 4.69) is 11.4 Å². The summed E-state index contributed by atoms with van der Waals surface area (Å²) in [4.78, 5) is 12.3. The molecule has 0 radical (unpaired) electrons. The SMILES string of the molecule is Cc1cccc(CSCC(=O)Nc2ccc(S(=O)(=O)N(C)C(C)C)cc2)c1. The minimum atomic E-state index is -3.52. The summed E-state index contributed by atoms with van der Waals surface area (Å²) < 4.78 is 26.2. The highest BCUT2D eigenvalue weighted by Gasteiger charge is 2.22. The third-order valence-corrected chi connectivity index (χ3v) is 7.18. The van der Waals surface area contributed by atoms with Crippen LogP contribution in [-0.2, 0) is 20.6 Å². The molecule has 0 aromatic heterocycles. The van der Waals surface area contributed by atoms with Gasteiger partial charge in [0.1, 0.15) is 0 Å². The zero-order chi connectivity index (χ0) is 20.0. The zero-order valence-electron chi connectivity index (χ0n) is 16.1. The molecule has 0 aliphatic rings. The summed E-state index contributed by atoms with van der Waals surface area (Å²) in [7, 11) is -1.96. The molecule has 0 aliphatic heterocycles. The van der Waals surface area contributed by atoms with Crippen molar-refractivity contribution in [1.82, 2.24) is 4.31 Å². The average molecular weight is 407 g/mol. The lowest BCUT2D eigenvalue weighted by Gasteiger charge is -2.21. The van der Waals surface area contributed by atoms with Gasteiger partial charge in [0, 0.05) is 24.5 Å². The van der Waals surface area contributed by atoms with Crippen LogP contribution in [0.1, 0.15) is 25.0 Å². The highest BCUT2D eigenvalue weighted by Crippen LogP contribution is 2.19. The third kappa shape index (κ3) is 6.09. The number of rotatable bonds is 8. The van der Waals surface area contributed by atoms with E-state index in [9.17, 15) is 13.2 Å². The van der Waals surface area contributed by atoms with E-state index in [1.54, 1.807) is 30.9 Å². The van der Waals surface area contributed by atoms with Gasteiger partial charge in [0.25, 0.3) is 0 Å². The molecule has 0 fully saturated rings. The molecule has 146 valence electrons. The maximum absolute atomic E-state index is 12.4. The first-order chi connectivity index (χ1) is 12.7. The quantitative estimate of drug-likeness (QED) is 0.722. The van der Waals surface area contributed by atoms with Gasteiger partial charge in [0.05, 0.1) is 10.6 Å². The average Bonchev–Trinajstić information content (AvgIpc) is 2.61. The highest BCUT2D eigenvalue weighted by molar-refractivity contribution is 7.99. The van der Waals surface area contributed by atoms with Crippen LogP contribution in [0.4, 0.5) is 5.69 Å². The zero-order valence-corrected chi connectivity index (χ0v) is 17.7. The van der Waals surface area contributed by atoms with Crippen molar-refractivity contribution in [3.05, 3.63) is 59.7 Å². The first kappa shape index (κ1) is 21.5. The number of carbonyl (C=O) groups is 1. The first-order valence-corrected chi connectivity index (χ1v) is 11.3. The molecule has 0 saturated heterocycles. The molecular weight excluding hydrogens is 380 g/mol. The highest BCUT2D eigenvalue weighted by atomic mass is 32.2. The number of benzene rings is 2. The van der Waals surface area contributed by atoms with Gasteiger partial charge < -0.3 is 5.32 Å². The number of amides is 1. The van der Waals surface area contributed by atoms with Crippen LogP contribution in [0.2, 0.25) is 0 Å². The summed E-state index contributed by atoms with van der Waals surface area (Å²) in [6, 6.07) is 14.4. The van der Waals surface area contributed by atoms with E-state index < -0.39 is 10.0 Å². The van der Waals surface area contributed by atoms with Crippen molar-refractivity contribution in [2.24, 2.45) is 0 Å². The van der Waals surface area contributed by atoms with Crippen LogP contribution in [0.5, 0.6) is 0 Å². The Morgan fingerprint density at radius 1 is 1.15 bits per heavy atom. The molecule has 0 unspecified atom stereocenters. The lowest BCUT2D eigenvalue weighted by Crippen LogP contribution is -2.33. The lowest BCUT2D eigenvalue weighted by atomic mass is 10.2. The van der Waals surface area contributed by atoms with Gasteiger partial charge in [0.2, 0.25) is 15.9 Å². The number of sulfonamides is 1. The standard InChI is InChI=1S/C20H26N2O3S2/c1-15(2)22(4)27(24,25)19-10-8-18(9-11-19)21-20(23)14-26-13-17-7-5-6-16(3)12-17/h5-12,15H,13-14H2,1-4H3,(H,21,23). The van der Waals surface area contributed by atoms with Gasteiger partial charge in [-0.25, -0.2) is 8.42 Å². The van der Waals surface area contributed by atoms with E-state index in [0.29, 0.717) is 11.4 Å². The van der Waals surface area contributed by atoms with Crippen molar-refractivity contribution < 1.29 is 13.2 Å². The summed E-state index contributed by atoms with van der Waals surface area (Å²) in [5.74, 6) is 1.00. The molecule has 1 N–H and O–H groups in total. The van der Waals surface area contributed by atoms with Gasteiger partial charge in [-0.05, 0) is 50.6 Å².